The lowest BCUT2D eigenvalue weighted by Gasteiger charge is -2.04. The predicted octanol–water partition coefficient (Wildman–Crippen LogP) is 3.21. The molecule has 0 bridgehead atoms. The van der Waals surface area contributed by atoms with Crippen molar-refractivity contribution in [2.75, 3.05) is 0 Å². The highest BCUT2D eigenvalue weighted by Gasteiger charge is 2.07. The highest BCUT2D eigenvalue weighted by Crippen LogP contribution is 2.11. The van der Waals surface area contributed by atoms with Gasteiger partial charge in [-0.25, -0.2) is 15.0 Å². The lowest BCUT2D eigenvalue weighted by atomic mass is 10.1. The zero-order valence-corrected chi connectivity index (χ0v) is 12.3. The van der Waals surface area contributed by atoms with Crippen LogP contribution in [-0.4, -0.2) is 19.5 Å². The van der Waals surface area contributed by atoms with E-state index in [1.165, 1.54) is 5.56 Å². The molecule has 0 fully saturated rings. The van der Waals surface area contributed by atoms with E-state index in [9.17, 15) is 0 Å². The van der Waals surface area contributed by atoms with Gasteiger partial charge in [-0.3, -0.25) is 0 Å². The summed E-state index contributed by atoms with van der Waals surface area (Å²) in [6.45, 7) is 3.04. The Morgan fingerprint density at radius 2 is 2.00 bits per heavy atom. The van der Waals surface area contributed by atoms with E-state index >= 15 is 0 Å². The van der Waals surface area contributed by atoms with Crippen molar-refractivity contribution in [3.63, 3.8) is 0 Å². The maximum atomic E-state index is 4.51. The number of rotatable bonds is 6. The molecule has 4 nitrogen and oxygen atoms in total. The van der Waals surface area contributed by atoms with Crippen molar-refractivity contribution in [1.29, 1.82) is 0 Å². The van der Waals surface area contributed by atoms with E-state index in [1.54, 1.807) is 0 Å². The number of hydrogen-bond donors (Lipinski definition) is 0. The second-order valence-electron chi connectivity index (χ2n) is 5.20. The average molecular weight is 279 g/mol. The summed E-state index contributed by atoms with van der Waals surface area (Å²) in [6, 6.07) is 10.5. The number of nitrogens with zero attached hydrogens (tertiary/aromatic N) is 4. The zero-order chi connectivity index (χ0) is 14.5. The second-order valence-corrected chi connectivity index (χ2v) is 5.20. The molecule has 0 spiro atoms. The molecule has 0 unspecified atom stereocenters. The van der Waals surface area contributed by atoms with E-state index in [2.05, 4.69) is 56.9 Å². The summed E-state index contributed by atoms with van der Waals surface area (Å²) in [5.74, 6) is 0.845. The molecule has 0 saturated heterocycles. The molecule has 107 valence electrons. The summed E-state index contributed by atoms with van der Waals surface area (Å²) in [6.07, 6.45) is 9.06. The summed E-state index contributed by atoms with van der Waals surface area (Å²) < 4.78 is 2.08. The Hall–Kier alpha value is -2.23. The van der Waals surface area contributed by atoms with Crippen molar-refractivity contribution in [1.82, 2.24) is 19.5 Å². The molecule has 0 amide bonds. The summed E-state index contributed by atoms with van der Waals surface area (Å²) in [4.78, 5) is 13.2. The van der Waals surface area contributed by atoms with E-state index in [0.717, 1.165) is 49.2 Å². The summed E-state index contributed by atoms with van der Waals surface area (Å²) in [7, 11) is 0. The number of fused-ring (bicyclic) bond motifs is 1. The molecule has 3 aromatic rings. The normalized spacial score (nSPS) is 11.1. The number of aromatic nitrogens is 4. The van der Waals surface area contributed by atoms with Gasteiger partial charge in [-0.15, -0.1) is 0 Å². The summed E-state index contributed by atoms with van der Waals surface area (Å²) >= 11 is 0. The van der Waals surface area contributed by atoms with Gasteiger partial charge >= 0.3 is 0 Å². The van der Waals surface area contributed by atoms with Gasteiger partial charge in [0.05, 0.1) is 6.33 Å². The minimum atomic E-state index is 0.754. The van der Waals surface area contributed by atoms with Crippen LogP contribution in [0, 0.1) is 6.20 Å². The van der Waals surface area contributed by atoms with Crippen molar-refractivity contribution >= 4 is 11.2 Å². The fourth-order valence-corrected chi connectivity index (χ4v) is 2.34. The molecule has 0 aliphatic carbocycles. The molecular formula is C17H19N4. The molecule has 1 radical (unpaired) electrons. The number of unbranched alkanes of at least 4 members (excludes halogenated alkanes) is 1. The Kier molecular flexibility index (Phi) is 4.24. The van der Waals surface area contributed by atoms with Gasteiger partial charge in [-0.2, -0.15) is 0 Å². The highest BCUT2D eigenvalue weighted by atomic mass is 15.1. The van der Waals surface area contributed by atoms with E-state index in [4.69, 9.17) is 0 Å². The van der Waals surface area contributed by atoms with Crippen LogP contribution in [0.15, 0.2) is 36.7 Å². The Bertz CT molecular complexity index is 703. The Labute approximate surface area is 124 Å². The van der Waals surface area contributed by atoms with Gasteiger partial charge < -0.3 is 4.57 Å². The minimum Gasteiger partial charge on any atom is -0.327 e. The van der Waals surface area contributed by atoms with Crippen LogP contribution in [0.2, 0.25) is 0 Å². The molecule has 2 heterocycles. The van der Waals surface area contributed by atoms with Gasteiger partial charge in [0, 0.05) is 13.0 Å². The molecule has 0 aliphatic heterocycles. The van der Waals surface area contributed by atoms with Gasteiger partial charge in [0.2, 0.25) is 0 Å². The summed E-state index contributed by atoms with van der Waals surface area (Å²) in [5, 5.41) is 0. The van der Waals surface area contributed by atoms with Crippen molar-refractivity contribution in [3.8, 4) is 0 Å². The van der Waals surface area contributed by atoms with Crippen LogP contribution in [0.1, 0.15) is 31.2 Å². The predicted molar refractivity (Wildman–Crippen MR) is 82.9 cm³/mol. The second kappa shape index (κ2) is 6.48. The van der Waals surface area contributed by atoms with Crippen LogP contribution < -0.4 is 0 Å². The van der Waals surface area contributed by atoms with Gasteiger partial charge in [-0.05, 0) is 18.4 Å². The zero-order valence-electron chi connectivity index (χ0n) is 12.3. The minimum absolute atomic E-state index is 0.754. The lowest BCUT2D eigenvalue weighted by Crippen LogP contribution is -2.01. The van der Waals surface area contributed by atoms with Crippen LogP contribution in [0.4, 0.5) is 0 Å². The molecule has 3 rings (SSSR count). The molecule has 1 aromatic carbocycles. The fraction of sp³-hybridized carbons (Fsp3) is 0.353. The van der Waals surface area contributed by atoms with Gasteiger partial charge in [0.15, 0.2) is 5.65 Å². The number of aryl methyl sites for hydroxylation is 3. The fourth-order valence-electron chi connectivity index (χ4n) is 2.34. The Balaban J connectivity index is 1.74. The van der Waals surface area contributed by atoms with Crippen LogP contribution in [0.5, 0.6) is 0 Å². The molecule has 0 atom stereocenters. The van der Waals surface area contributed by atoms with Crippen LogP contribution in [0.25, 0.3) is 11.2 Å². The Morgan fingerprint density at radius 3 is 2.81 bits per heavy atom. The third-order valence-electron chi connectivity index (χ3n) is 3.58. The molecule has 4 heteroatoms. The first-order valence-electron chi connectivity index (χ1n) is 7.50. The first-order valence-corrected chi connectivity index (χ1v) is 7.50. The molecule has 21 heavy (non-hydrogen) atoms. The van der Waals surface area contributed by atoms with Gasteiger partial charge in [-0.1, -0.05) is 43.7 Å². The van der Waals surface area contributed by atoms with E-state index in [1.807, 2.05) is 12.4 Å². The molecular weight excluding hydrogens is 260 g/mol. The monoisotopic (exact) mass is 279 g/mol. The number of benzene rings is 1. The third-order valence-corrected chi connectivity index (χ3v) is 3.58. The maximum absolute atomic E-state index is 4.51. The third kappa shape index (κ3) is 3.27. The topological polar surface area (TPSA) is 43.6 Å². The summed E-state index contributed by atoms with van der Waals surface area (Å²) in [5.41, 5.74) is 2.97. The Morgan fingerprint density at radius 1 is 1.14 bits per heavy atom. The van der Waals surface area contributed by atoms with Gasteiger partial charge in [0.25, 0.3) is 0 Å². The first-order chi connectivity index (χ1) is 10.4. The van der Waals surface area contributed by atoms with Crippen molar-refractivity contribution in [2.24, 2.45) is 0 Å². The smallest absolute Gasteiger partial charge is 0.181 e. The van der Waals surface area contributed by atoms with Crippen molar-refractivity contribution in [2.45, 2.75) is 39.2 Å². The van der Waals surface area contributed by atoms with E-state index in [-0.39, 0.29) is 0 Å². The number of imidazole rings is 1. The van der Waals surface area contributed by atoms with Crippen LogP contribution >= 0.6 is 0 Å². The van der Waals surface area contributed by atoms with Crippen LogP contribution in [-0.2, 0) is 19.4 Å². The van der Waals surface area contributed by atoms with Gasteiger partial charge in [0.1, 0.15) is 17.5 Å². The molecule has 2 aromatic heterocycles. The van der Waals surface area contributed by atoms with E-state index < -0.39 is 0 Å². The molecule has 0 aliphatic rings. The largest absolute Gasteiger partial charge is 0.327 e. The number of hydrogen-bond acceptors (Lipinski definition) is 3. The average Bonchev–Trinajstić information content (AvgIpc) is 2.94. The SMILES string of the molecule is CCCCc1n[c]c2c(ncn2CCc2ccccc2)n1. The standard InChI is InChI=1S/C17H19N4/c1-2-3-9-16-18-12-15-17(20-16)19-13-21(15)11-10-14-7-5-4-6-8-14/h4-8,13H,2-3,9-11H2,1H3. The molecule has 0 saturated carbocycles. The van der Waals surface area contributed by atoms with E-state index in [0.29, 0.717) is 0 Å². The van der Waals surface area contributed by atoms with Crippen molar-refractivity contribution < 1.29 is 0 Å². The first kappa shape index (κ1) is 13.7. The molecule has 0 N–H and O–H groups in total. The maximum Gasteiger partial charge on any atom is 0.181 e. The lowest BCUT2D eigenvalue weighted by molar-refractivity contribution is 0.713. The highest BCUT2D eigenvalue weighted by molar-refractivity contribution is 5.68. The quantitative estimate of drug-likeness (QED) is 0.696. The van der Waals surface area contributed by atoms with Crippen LogP contribution in [0.3, 0.4) is 0 Å². The van der Waals surface area contributed by atoms with Crippen molar-refractivity contribution in [3.05, 3.63) is 54.2 Å².